The normalized spacial score (nSPS) is 40.4. The monoisotopic (exact) mass is 207 g/mol. The summed E-state index contributed by atoms with van der Waals surface area (Å²) in [6, 6.07) is 0.372. The van der Waals surface area contributed by atoms with Crippen LogP contribution < -0.4 is 0 Å². The molecule has 0 radical (unpaired) electrons. The number of rotatable bonds is 0. The van der Waals surface area contributed by atoms with Crippen LogP contribution in [-0.2, 0) is 4.79 Å². The highest BCUT2D eigenvalue weighted by atomic mass is 32.2. The average Bonchev–Trinajstić information content (AvgIpc) is 2.62. The van der Waals surface area contributed by atoms with Gasteiger partial charge in [-0.1, -0.05) is 6.08 Å². The fourth-order valence-corrected chi connectivity index (χ4v) is 3.65. The number of hydrogen-bond acceptors (Lipinski definition) is 3. The average molecular weight is 207 g/mol. The van der Waals surface area contributed by atoms with Gasteiger partial charge < -0.3 is 0 Å². The molecule has 1 aliphatic carbocycles. The zero-order valence-corrected chi connectivity index (χ0v) is 8.80. The summed E-state index contributed by atoms with van der Waals surface area (Å²) in [5.41, 5.74) is 1.19. The third-order valence-electron chi connectivity index (χ3n) is 3.34. The largest absolute Gasteiger partial charge is 0.299 e. The second-order valence-corrected chi connectivity index (χ2v) is 5.37. The third-order valence-corrected chi connectivity index (χ3v) is 4.48. The number of thioether (sulfide) groups is 1. The Kier molecular flexibility index (Phi) is 2.01. The van der Waals surface area contributed by atoms with Crippen molar-refractivity contribution in [3.63, 3.8) is 0 Å². The van der Waals surface area contributed by atoms with Gasteiger partial charge in [-0.05, 0) is 24.7 Å². The van der Waals surface area contributed by atoms with Crippen LogP contribution in [0.5, 0.6) is 0 Å². The highest BCUT2D eigenvalue weighted by Gasteiger charge is 2.38. The van der Waals surface area contributed by atoms with Crippen LogP contribution in [0.25, 0.3) is 0 Å². The van der Waals surface area contributed by atoms with Gasteiger partial charge in [0.25, 0.3) is 0 Å². The van der Waals surface area contributed by atoms with Gasteiger partial charge in [-0.2, -0.15) is 0 Å². The molecular formula is C11H13NOS. The van der Waals surface area contributed by atoms with E-state index in [1.807, 2.05) is 11.8 Å². The van der Waals surface area contributed by atoms with Crippen molar-refractivity contribution in [1.82, 2.24) is 0 Å². The number of carbonyl (C=O) groups excluding carboxylic acids is 1. The molecule has 1 fully saturated rings. The Hall–Kier alpha value is -0.570. The molecule has 3 heteroatoms. The maximum Gasteiger partial charge on any atom is 0.141 e. The molecule has 0 saturated heterocycles. The Morgan fingerprint density at radius 3 is 3.29 bits per heavy atom. The smallest absolute Gasteiger partial charge is 0.141 e. The fourth-order valence-electron chi connectivity index (χ4n) is 2.58. The molecule has 2 nitrogen and oxygen atoms in total. The summed E-state index contributed by atoms with van der Waals surface area (Å²) in [6.45, 7) is 0. The summed E-state index contributed by atoms with van der Waals surface area (Å²) in [4.78, 5) is 16.4. The number of nitrogens with zero attached hydrogens (tertiary/aromatic N) is 1. The molecule has 2 heterocycles. The molecular weight excluding hydrogens is 194 g/mol. The van der Waals surface area contributed by atoms with Crippen molar-refractivity contribution in [2.24, 2.45) is 10.9 Å². The predicted octanol–water partition coefficient (Wildman–Crippen LogP) is 2.20. The van der Waals surface area contributed by atoms with Crippen LogP contribution in [0.4, 0.5) is 0 Å². The van der Waals surface area contributed by atoms with Gasteiger partial charge in [-0.15, -0.1) is 11.8 Å². The Morgan fingerprint density at radius 2 is 2.36 bits per heavy atom. The molecule has 2 aliphatic heterocycles. The van der Waals surface area contributed by atoms with Crippen molar-refractivity contribution >= 4 is 23.3 Å². The van der Waals surface area contributed by atoms with Crippen LogP contribution in [-0.4, -0.2) is 22.8 Å². The Bertz CT molecular complexity index is 334. The fraction of sp³-hybridized carbons (Fsp3) is 0.636. The van der Waals surface area contributed by atoms with Gasteiger partial charge in [0.05, 0.1) is 12.0 Å². The highest BCUT2D eigenvalue weighted by molar-refractivity contribution is 8.03. The first-order valence-corrected chi connectivity index (χ1v) is 6.20. The topological polar surface area (TPSA) is 29.4 Å². The number of carbonyl (C=O) groups is 1. The lowest BCUT2D eigenvalue weighted by molar-refractivity contribution is -0.121. The standard InChI is InChI=1S/C11H13NOS/c13-10-3-1-2-8-7(10)6-11-9(12-8)4-5-14-11/h4-5,7,9,11H,1-3,6H2. The summed E-state index contributed by atoms with van der Waals surface area (Å²) < 4.78 is 0. The third kappa shape index (κ3) is 1.26. The second kappa shape index (κ2) is 3.23. The van der Waals surface area contributed by atoms with Gasteiger partial charge >= 0.3 is 0 Å². The minimum Gasteiger partial charge on any atom is -0.299 e. The van der Waals surface area contributed by atoms with Crippen LogP contribution in [0.15, 0.2) is 16.5 Å². The molecule has 0 aromatic heterocycles. The van der Waals surface area contributed by atoms with Crippen molar-refractivity contribution < 1.29 is 4.79 Å². The SMILES string of the molecule is O=C1CCCC2=NC3C=CSC3CC12. The first-order chi connectivity index (χ1) is 6.84. The zero-order valence-electron chi connectivity index (χ0n) is 7.98. The summed E-state index contributed by atoms with van der Waals surface area (Å²) in [7, 11) is 0. The van der Waals surface area contributed by atoms with Gasteiger partial charge in [-0.25, -0.2) is 0 Å². The lowest BCUT2D eigenvalue weighted by Gasteiger charge is -2.32. The number of aliphatic imine (C=N–C) groups is 1. The number of ketones is 1. The van der Waals surface area contributed by atoms with Crippen LogP contribution >= 0.6 is 11.8 Å². The molecule has 3 atom stereocenters. The number of fused-ring (bicyclic) bond motifs is 2. The van der Waals surface area contributed by atoms with Gasteiger partial charge in [-0.3, -0.25) is 9.79 Å². The quantitative estimate of drug-likeness (QED) is 0.609. The van der Waals surface area contributed by atoms with E-state index in [4.69, 9.17) is 4.99 Å². The van der Waals surface area contributed by atoms with Crippen LogP contribution in [0.3, 0.4) is 0 Å². The van der Waals surface area contributed by atoms with Gasteiger partial charge in [0.1, 0.15) is 5.78 Å². The molecule has 1 saturated carbocycles. The molecule has 0 amide bonds. The Morgan fingerprint density at radius 1 is 1.43 bits per heavy atom. The zero-order chi connectivity index (χ0) is 9.54. The van der Waals surface area contributed by atoms with E-state index in [9.17, 15) is 4.79 Å². The lowest BCUT2D eigenvalue weighted by atomic mass is 9.80. The number of hydrogen-bond donors (Lipinski definition) is 0. The molecule has 0 spiro atoms. The first kappa shape index (κ1) is 8.72. The van der Waals surface area contributed by atoms with Crippen molar-refractivity contribution in [3.05, 3.63) is 11.5 Å². The number of Topliss-reactive ketones (excluding diaryl/α,β-unsaturated/α-hetero) is 1. The van der Waals surface area contributed by atoms with Crippen molar-refractivity contribution in [2.45, 2.75) is 37.0 Å². The van der Waals surface area contributed by atoms with E-state index in [2.05, 4.69) is 11.5 Å². The van der Waals surface area contributed by atoms with E-state index in [1.54, 1.807) is 0 Å². The van der Waals surface area contributed by atoms with E-state index < -0.39 is 0 Å². The summed E-state index contributed by atoms with van der Waals surface area (Å²) in [5, 5.41) is 2.69. The summed E-state index contributed by atoms with van der Waals surface area (Å²) in [6.07, 6.45) is 6.05. The van der Waals surface area contributed by atoms with E-state index in [1.165, 1.54) is 5.71 Å². The van der Waals surface area contributed by atoms with Gasteiger partial charge in [0.15, 0.2) is 0 Å². The van der Waals surface area contributed by atoms with Crippen LogP contribution in [0, 0.1) is 5.92 Å². The van der Waals surface area contributed by atoms with Crippen LogP contribution in [0.2, 0.25) is 0 Å². The highest BCUT2D eigenvalue weighted by Crippen LogP contribution is 2.38. The van der Waals surface area contributed by atoms with E-state index in [0.29, 0.717) is 17.1 Å². The van der Waals surface area contributed by atoms with Crippen molar-refractivity contribution in [2.75, 3.05) is 0 Å². The first-order valence-electron chi connectivity index (χ1n) is 5.26. The molecule has 3 aliphatic rings. The molecule has 3 unspecified atom stereocenters. The van der Waals surface area contributed by atoms with Crippen molar-refractivity contribution in [1.29, 1.82) is 0 Å². The molecule has 74 valence electrons. The Balaban J connectivity index is 1.92. The van der Waals surface area contributed by atoms with Crippen LogP contribution in [0.1, 0.15) is 25.7 Å². The molecule has 14 heavy (non-hydrogen) atoms. The molecule has 0 bridgehead atoms. The summed E-state index contributed by atoms with van der Waals surface area (Å²) >= 11 is 1.84. The maximum atomic E-state index is 11.7. The van der Waals surface area contributed by atoms with Gasteiger partial charge in [0, 0.05) is 17.4 Å². The van der Waals surface area contributed by atoms with Gasteiger partial charge in [0.2, 0.25) is 0 Å². The molecule has 0 aromatic carbocycles. The van der Waals surface area contributed by atoms with E-state index in [-0.39, 0.29) is 5.92 Å². The second-order valence-electron chi connectivity index (χ2n) is 4.22. The minimum atomic E-state index is 0.178. The lowest BCUT2D eigenvalue weighted by Crippen LogP contribution is -2.38. The minimum absolute atomic E-state index is 0.178. The van der Waals surface area contributed by atoms with Crippen molar-refractivity contribution in [3.8, 4) is 0 Å². The molecule has 3 rings (SSSR count). The Labute approximate surface area is 87.9 Å². The van der Waals surface area contributed by atoms with E-state index in [0.717, 1.165) is 25.7 Å². The predicted molar refractivity (Wildman–Crippen MR) is 58.7 cm³/mol. The maximum absolute atomic E-state index is 11.7. The molecule has 0 aromatic rings. The molecule has 0 N–H and O–H groups in total. The summed E-state index contributed by atoms with van der Waals surface area (Å²) in [5.74, 6) is 0.610. The van der Waals surface area contributed by atoms with E-state index >= 15 is 0 Å².